The van der Waals surface area contributed by atoms with E-state index in [9.17, 15) is 4.79 Å². The number of nitrogens with zero attached hydrogens (tertiary/aromatic N) is 4. The van der Waals surface area contributed by atoms with E-state index in [0.717, 1.165) is 33.9 Å². The number of halogens is 1. The van der Waals surface area contributed by atoms with E-state index in [1.807, 2.05) is 52.9 Å². The van der Waals surface area contributed by atoms with Crippen molar-refractivity contribution in [1.82, 2.24) is 14.8 Å². The molecule has 0 saturated heterocycles. The highest BCUT2D eigenvalue weighted by molar-refractivity contribution is 6.29. The van der Waals surface area contributed by atoms with Crippen molar-refractivity contribution in [2.24, 2.45) is 12.0 Å². The van der Waals surface area contributed by atoms with Crippen LogP contribution < -0.4 is 10.7 Å². The summed E-state index contributed by atoms with van der Waals surface area (Å²) in [5.74, 6) is 0.412. The predicted molar refractivity (Wildman–Crippen MR) is 143 cm³/mol. The number of nitrogens with one attached hydrogen (secondary N) is 1. The number of benzene rings is 1. The summed E-state index contributed by atoms with van der Waals surface area (Å²) < 4.78 is 8.11. The number of aliphatic imine (C=N–C) groups is 1. The molecule has 0 saturated carbocycles. The molecule has 1 N–H and O–H groups in total. The number of hydrogen-bond donors (Lipinski definition) is 1. The Hall–Kier alpha value is -3.71. The number of aryl methyl sites for hydroxylation is 3. The zero-order chi connectivity index (χ0) is 25.4. The van der Waals surface area contributed by atoms with Gasteiger partial charge in [-0.3, -0.25) is 14.5 Å². The number of hydrogen-bond acceptors (Lipinski definition) is 6. The summed E-state index contributed by atoms with van der Waals surface area (Å²) in [6.45, 7) is 13.7. The zero-order valence-corrected chi connectivity index (χ0v) is 21.5. The number of anilines is 1. The summed E-state index contributed by atoms with van der Waals surface area (Å²) in [5, 5.41) is 8.65. The molecule has 0 amide bonds. The van der Waals surface area contributed by atoms with Gasteiger partial charge in [0.1, 0.15) is 22.2 Å². The van der Waals surface area contributed by atoms with Crippen LogP contribution in [0.3, 0.4) is 0 Å². The molecule has 0 aliphatic carbocycles. The predicted octanol–water partition coefficient (Wildman–Crippen LogP) is 6.40. The van der Waals surface area contributed by atoms with Gasteiger partial charge in [-0.1, -0.05) is 24.2 Å². The Morgan fingerprint density at radius 1 is 1.26 bits per heavy atom. The van der Waals surface area contributed by atoms with Crippen LogP contribution >= 0.6 is 11.6 Å². The molecule has 3 heterocycles. The molecule has 4 rings (SSSR count). The Morgan fingerprint density at radius 3 is 2.66 bits per heavy atom. The highest BCUT2D eigenvalue weighted by Crippen LogP contribution is 2.31. The van der Waals surface area contributed by atoms with E-state index in [1.165, 1.54) is 0 Å². The molecule has 3 aromatic heterocycles. The molecule has 0 aliphatic heterocycles. The van der Waals surface area contributed by atoms with E-state index < -0.39 is 0 Å². The van der Waals surface area contributed by atoms with Gasteiger partial charge in [-0.15, -0.1) is 0 Å². The smallest absolute Gasteiger partial charge is 0.196 e. The van der Waals surface area contributed by atoms with Gasteiger partial charge in [-0.25, -0.2) is 4.98 Å². The fourth-order valence-electron chi connectivity index (χ4n) is 4.01. The molecule has 4 aromatic rings. The van der Waals surface area contributed by atoms with E-state index in [4.69, 9.17) is 16.0 Å². The van der Waals surface area contributed by atoms with Gasteiger partial charge in [0, 0.05) is 30.0 Å². The van der Waals surface area contributed by atoms with E-state index in [-0.39, 0.29) is 11.5 Å². The second-order valence-electron chi connectivity index (χ2n) is 8.77. The fourth-order valence-corrected chi connectivity index (χ4v) is 4.20. The Bertz CT molecular complexity index is 1550. The van der Waals surface area contributed by atoms with Gasteiger partial charge in [-0.2, -0.15) is 5.10 Å². The van der Waals surface area contributed by atoms with Gasteiger partial charge < -0.3 is 9.73 Å². The first-order chi connectivity index (χ1) is 16.6. The summed E-state index contributed by atoms with van der Waals surface area (Å²) in [6.07, 6.45) is 3.30. The lowest BCUT2D eigenvalue weighted by Crippen LogP contribution is -2.14. The van der Waals surface area contributed by atoms with Gasteiger partial charge in [0.25, 0.3) is 0 Å². The lowest BCUT2D eigenvalue weighted by molar-refractivity contribution is 0.576. The molecular formula is C27H28ClN5O2. The minimum atomic E-state index is -0.169. The average molecular weight is 490 g/mol. The van der Waals surface area contributed by atoms with Gasteiger partial charge in [0.2, 0.25) is 0 Å². The van der Waals surface area contributed by atoms with Crippen molar-refractivity contribution >= 4 is 45.7 Å². The minimum Gasteiger partial charge on any atom is -0.455 e. The minimum absolute atomic E-state index is 0.0881. The molecule has 0 aliphatic rings. The molecule has 0 fully saturated rings. The number of allylic oxidation sites excluding steroid dienone is 1. The molecule has 0 unspecified atom stereocenters. The summed E-state index contributed by atoms with van der Waals surface area (Å²) >= 11 is 6.01. The van der Waals surface area contributed by atoms with Crippen molar-refractivity contribution < 1.29 is 4.42 Å². The molecule has 0 spiro atoms. The second kappa shape index (κ2) is 9.50. The molecule has 0 bridgehead atoms. The van der Waals surface area contributed by atoms with Crippen LogP contribution in [0.25, 0.3) is 16.5 Å². The first kappa shape index (κ1) is 24.4. The van der Waals surface area contributed by atoms with Crippen LogP contribution in [-0.4, -0.2) is 21.0 Å². The maximum absolute atomic E-state index is 13.4. The lowest BCUT2D eigenvalue weighted by atomic mass is 9.99. The Balaban J connectivity index is 1.78. The number of pyridine rings is 1. The van der Waals surface area contributed by atoms with Crippen LogP contribution in [-0.2, 0) is 7.05 Å². The van der Waals surface area contributed by atoms with Crippen molar-refractivity contribution in [2.75, 3.05) is 5.32 Å². The van der Waals surface area contributed by atoms with E-state index >= 15 is 0 Å². The summed E-state index contributed by atoms with van der Waals surface area (Å²) in [5.41, 5.74) is 6.57. The van der Waals surface area contributed by atoms with Crippen LogP contribution in [0.4, 0.5) is 11.4 Å². The normalized spacial score (nSPS) is 12.4. The topological polar surface area (TPSA) is 85.3 Å². The maximum atomic E-state index is 13.4. The average Bonchev–Trinajstić information content (AvgIpc) is 3.13. The van der Waals surface area contributed by atoms with Crippen LogP contribution in [0.1, 0.15) is 46.8 Å². The molecule has 8 heteroatoms. The van der Waals surface area contributed by atoms with Gasteiger partial charge in [0.05, 0.1) is 34.7 Å². The Labute approximate surface area is 209 Å². The quantitative estimate of drug-likeness (QED) is 0.250. The van der Waals surface area contributed by atoms with Crippen LogP contribution in [0, 0.1) is 27.7 Å². The van der Waals surface area contributed by atoms with E-state index in [0.29, 0.717) is 33.0 Å². The highest BCUT2D eigenvalue weighted by atomic mass is 35.5. The largest absolute Gasteiger partial charge is 0.455 e. The van der Waals surface area contributed by atoms with Crippen molar-refractivity contribution in [3.63, 3.8) is 0 Å². The first-order valence-electron chi connectivity index (χ1n) is 11.3. The van der Waals surface area contributed by atoms with Crippen molar-refractivity contribution in [2.45, 2.75) is 40.7 Å². The highest BCUT2D eigenvalue weighted by Gasteiger charge is 2.19. The Morgan fingerprint density at radius 2 is 2.00 bits per heavy atom. The van der Waals surface area contributed by atoms with Crippen LogP contribution in [0.2, 0.25) is 5.15 Å². The summed E-state index contributed by atoms with van der Waals surface area (Å²) in [6, 6.07) is 7.35. The molecule has 7 nitrogen and oxygen atoms in total. The van der Waals surface area contributed by atoms with E-state index in [1.54, 1.807) is 30.1 Å². The molecule has 1 atom stereocenters. The zero-order valence-electron chi connectivity index (χ0n) is 20.7. The monoisotopic (exact) mass is 489 g/mol. The molecule has 35 heavy (non-hydrogen) atoms. The first-order valence-corrected chi connectivity index (χ1v) is 11.6. The lowest BCUT2D eigenvalue weighted by Gasteiger charge is -2.19. The van der Waals surface area contributed by atoms with Gasteiger partial charge in [0.15, 0.2) is 5.43 Å². The maximum Gasteiger partial charge on any atom is 0.196 e. The third-order valence-electron chi connectivity index (χ3n) is 6.14. The van der Waals surface area contributed by atoms with Gasteiger partial charge in [-0.05, 0) is 58.4 Å². The SMILES string of the molecule is C=C(/C=N\c1cnn(C)c1C)c1oc2c([C@@H](C)Nc3ccc(Cl)nc3C)cc(C)cc2c(=O)c1C. The van der Waals surface area contributed by atoms with Crippen LogP contribution in [0.5, 0.6) is 0 Å². The number of fused-ring (bicyclic) bond motifs is 1. The van der Waals surface area contributed by atoms with Crippen molar-refractivity contribution in [3.05, 3.63) is 86.3 Å². The summed E-state index contributed by atoms with van der Waals surface area (Å²) in [4.78, 5) is 22.2. The van der Waals surface area contributed by atoms with Crippen molar-refractivity contribution in [3.8, 4) is 0 Å². The Kier molecular flexibility index (Phi) is 6.63. The molecule has 1 aromatic carbocycles. The molecule has 180 valence electrons. The van der Waals surface area contributed by atoms with Gasteiger partial charge >= 0.3 is 0 Å². The third-order valence-corrected chi connectivity index (χ3v) is 6.35. The molecule has 0 radical (unpaired) electrons. The summed E-state index contributed by atoms with van der Waals surface area (Å²) in [7, 11) is 1.86. The number of rotatable bonds is 6. The molecular weight excluding hydrogens is 462 g/mol. The third kappa shape index (κ3) is 4.77. The second-order valence-corrected chi connectivity index (χ2v) is 9.16. The fraction of sp³-hybridized carbons (Fsp3) is 0.259. The standard InChI is InChI=1S/C27H28ClN5O2/c1-14-10-20(17(4)31-22-8-9-24(28)32-18(22)5)27-21(11-14)25(34)16(3)26(35-27)15(2)12-29-23-13-30-33(7)19(23)6/h8-13,17,31H,2H2,1,3-7H3/b29-12-/t17-/m1/s1. The van der Waals surface area contributed by atoms with Crippen molar-refractivity contribution in [1.29, 1.82) is 0 Å². The van der Waals surface area contributed by atoms with Crippen LogP contribution in [0.15, 0.2) is 51.2 Å². The number of aromatic nitrogens is 3. The van der Waals surface area contributed by atoms with E-state index in [2.05, 4.69) is 27.0 Å².